The fourth-order valence-corrected chi connectivity index (χ4v) is 6.12. The first-order chi connectivity index (χ1) is 16.8. The van der Waals surface area contributed by atoms with E-state index in [0.29, 0.717) is 18.3 Å². The van der Waals surface area contributed by atoms with Crippen molar-refractivity contribution in [2.24, 2.45) is 23.7 Å². The molecule has 0 aliphatic heterocycles. The molecule has 0 heterocycles. The van der Waals surface area contributed by atoms with Crippen molar-refractivity contribution in [3.05, 3.63) is 107 Å². The van der Waals surface area contributed by atoms with Gasteiger partial charge in [-0.05, 0) is 80.2 Å². The quantitative estimate of drug-likeness (QED) is 0.427. The smallest absolute Gasteiger partial charge is 0.163 e. The zero-order valence-electron chi connectivity index (χ0n) is 20.6. The molecule has 0 aromatic rings. The predicted molar refractivity (Wildman–Crippen MR) is 141 cm³/mol. The number of hydrogen-bond donors (Lipinski definition) is 2. The summed E-state index contributed by atoms with van der Waals surface area (Å²) in [5.41, 5.74) is 6.83. The van der Waals surface area contributed by atoms with E-state index in [2.05, 4.69) is 49.1 Å². The van der Waals surface area contributed by atoms with Crippen LogP contribution in [0, 0.1) is 23.7 Å². The van der Waals surface area contributed by atoms with Crippen LogP contribution in [0.4, 0.5) is 0 Å². The second-order valence-corrected chi connectivity index (χ2v) is 11.0. The molecule has 2 atom stereocenters. The Labute approximate surface area is 209 Å². The van der Waals surface area contributed by atoms with Crippen molar-refractivity contribution in [2.75, 3.05) is 0 Å². The van der Waals surface area contributed by atoms with Crippen LogP contribution in [0.3, 0.4) is 0 Å². The summed E-state index contributed by atoms with van der Waals surface area (Å²) >= 11 is 0. The molecule has 35 heavy (non-hydrogen) atoms. The van der Waals surface area contributed by atoms with Crippen molar-refractivity contribution in [1.82, 2.24) is 0 Å². The summed E-state index contributed by atoms with van der Waals surface area (Å²) < 4.78 is 0. The Kier molecular flexibility index (Phi) is 6.65. The minimum Gasteiger partial charge on any atom is -0.366 e. The topological polar surface area (TPSA) is 57.5 Å². The van der Waals surface area contributed by atoms with E-state index < -0.39 is 5.79 Å². The predicted octanol–water partition coefficient (Wildman–Crippen LogP) is 6.38. The second kappa shape index (κ2) is 9.72. The largest absolute Gasteiger partial charge is 0.366 e. The van der Waals surface area contributed by atoms with Gasteiger partial charge in [0.25, 0.3) is 0 Å². The van der Waals surface area contributed by atoms with Gasteiger partial charge in [0.2, 0.25) is 0 Å². The van der Waals surface area contributed by atoms with Crippen molar-refractivity contribution in [3.8, 4) is 0 Å². The standard InChI is InChI=1S/C32H36O3/c1-21-15-28(20-26-5-3-4-6-30(21)26)31(33)14-10-24-17-25-11-7-23(18-27(25)19-24)16-22-8-12-29(13-9-22)32(2,34)35/h3-7,11,15,17-20,22,27,29-30,34-35H,1,8-10,12-14,16H2,2H3. The van der Waals surface area contributed by atoms with Crippen molar-refractivity contribution in [2.45, 2.75) is 57.7 Å². The fourth-order valence-electron chi connectivity index (χ4n) is 6.12. The van der Waals surface area contributed by atoms with Gasteiger partial charge >= 0.3 is 0 Å². The SMILES string of the molecule is C=C1C=C(C(=O)CCC2=CC3C=C(CC4CCC(C(C)(O)O)CC4)C=CC3=C2)C=C2C=CC=CC12. The van der Waals surface area contributed by atoms with Gasteiger partial charge in [-0.25, -0.2) is 0 Å². The molecule has 0 amide bonds. The van der Waals surface area contributed by atoms with Crippen LogP contribution in [-0.2, 0) is 4.79 Å². The van der Waals surface area contributed by atoms with Crippen LogP contribution in [0.15, 0.2) is 107 Å². The van der Waals surface area contributed by atoms with Crippen LogP contribution >= 0.6 is 0 Å². The Bertz CT molecular complexity index is 1150. The number of aliphatic hydroxyl groups is 2. The molecule has 2 N–H and O–H groups in total. The first-order valence-electron chi connectivity index (χ1n) is 13.0. The molecule has 5 aliphatic carbocycles. The van der Waals surface area contributed by atoms with Crippen molar-refractivity contribution < 1.29 is 15.0 Å². The first kappa shape index (κ1) is 24.0. The van der Waals surface area contributed by atoms with Crippen LogP contribution in [0.2, 0.25) is 0 Å². The van der Waals surface area contributed by atoms with Crippen LogP contribution in [0.1, 0.15) is 51.9 Å². The zero-order valence-corrected chi connectivity index (χ0v) is 20.6. The molecule has 0 saturated heterocycles. The van der Waals surface area contributed by atoms with E-state index in [9.17, 15) is 15.0 Å². The summed E-state index contributed by atoms with van der Waals surface area (Å²) in [5.74, 6) is -0.257. The first-order valence-corrected chi connectivity index (χ1v) is 13.0. The third-order valence-electron chi connectivity index (χ3n) is 8.25. The van der Waals surface area contributed by atoms with Crippen LogP contribution in [0.5, 0.6) is 0 Å². The number of hydrogen-bond acceptors (Lipinski definition) is 3. The van der Waals surface area contributed by atoms with Crippen LogP contribution in [-0.4, -0.2) is 21.8 Å². The molecule has 0 aromatic heterocycles. The van der Waals surface area contributed by atoms with E-state index in [1.54, 1.807) is 0 Å². The highest BCUT2D eigenvalue weighted by Crippen LogP contribution is 2.40. The number of ketones is 1. The van der Waals surface area contributed by atoms with Gasteiger partial charge in [0.15, 0.2) is 11.6 Å². The number of carbonyl (C=O) groups excluding carboxylic acids is 1. The van der Waals surface area contributed by atoms with E-state index in [1.807, 2.05) is 24.3 Å². The van der Waals surface area contributed by atoms with Gasteiger partial charge in [0.05, 0.1) is 0 Å². The maximum Gasteiger partial charge on any atom is 0.163 e. The minimum atomic E-state index is -1.55. The lowest BCUT2D eigenvalue weighted by molar-refractivity contribution is -0.193. The molecular formula is C32H36O3. The summed E-state index contributed by atoms with van der Waals surface area (Å²) in [6.07, 6.45) is 29.8. The molecule has 1 saturated carbocycles. The van der Waals surface area contributed by atoms with Gasteiger partial charge in [0, 0.05) is 29.7 Å². The number of fused-ring (bicyclic) bond motifs is 2. The number of allylic oxidation sites excluding steroid dienone is 17. The minimum absolute atomic E-state index is 0.0109. The molecule has 3 nitrogen and oxygen atoms in total. The summed E-state index contributed by atoms with van der Waals surface area (Å²) in [7, 11) is 0. The Morgan fingerprint density at radius 1 is 0.971 bits per heavy atom. The van der Waals surface area contributed by atoms with E-state index in [4.69, 9.17) is 0 Å². The van der Waals surface area contributed by atoms with Gasteiger partial charge in [-0.15, -0.1) is 0 Å². The Morgan fingerprint density at radius 2 is 1.74 bits per heavy atom. The molecule has 0 radical (unpaired) electrons. The van der Waals surface area contributed by atoms with E-state index in [0.717, 1.165) is 55.2 Å². The molecule has 0 aromatic carbocycles. The van der Waals surface area contributed by atoms with E-state index in [1.165, 1.54) is 23.6 Å². The van der Waals surface area contributed by atoms with Crippen molar-refractivity contribution >= 4 is 5.78 Å². The average molecular weight is 469 g/mol. The van der Waals surface area contributed by atoms with Gasteiger partial charge in [-0.3, -0.25) is 4.79 Å². The molecule has 0 bridgehead atoms. The van der Waals surface area contributed by atoms with E-state index in [-0.39, 0.29) is 17.6 Å². The molecule has 0 spiro atoms. The zero-order chi connectivity index (χ0) is 24.6. The third kappa shape index (κ3) is 5.42. The maximum atomic E-state index is 12.9. The summed E-state index contributed by atoms with van der Waals surface area (Å²) in [6.45, 7) is 5.68. The molecule has 1 fully saturated rings. The number of Topliss-reactive ketones (excluding diaryl/α,β-unsaturated/α-hetero) is 1. The fraction of sp³-hybridized carbons (Fsp3) is 0.406. The van der Waals surface area contributed by atoms with Gasteiger partial charge in [-0.2, -0.15) is 0 Å². The number of carbonyl (C=O) groups is 1. The highest BCUT2D eigenvalue weighted by molar-refractivity contribution is 5.99. The molecular weight excluding hydrogens is 432 g/mol. The Hall–Kier alpha value is -2.75. The molecule has 3 heteroatoms. The van der Waals surface area contributed by atoms with Crippen LogP contribution in [0.25, 0.3) is 0 Å². The lowest BCUT2D eigenvalue weighted by Crippen LogP contribution is -2.36. The third-order valence-corrected chi connectivity index (χ3v) is 8.25. The molecule has 182 valence electrons. The molecule has 5 rings (SSSR count). The van der Waals surface area contributed by atoms with Crippen LogP contribution < -0.4 is 0 Å². The summed E-state index contributed by atoms with van der Waals surface area (Å²) in [4.78, 5) is 12.9. The lowest BCUT2D eigenvalue weighted by atomic mass is 9.75. The number of rotatable bonds is 7. The Morgan fingerprint density at radius 3 is 2.51 bits per heavy atom. The molecule has 5 aliphatic rings. The molecule has 2 unspecified atom stereocenters. The Balaban J connectivity index is 1.15. The summed E-state index contributed by atoms with van der Waals surface area (Å²) in [5, 5.41) is 19.7. The second-order valence-electron chi connectivity index (χ2n) is 11.0. The normalized spacial score (nSPS) is 29.6. The van der Waals surface area contributed by atoms with E-state index >= 15 is 0 Å². The van der Waals surface area contributed by atoms with Crippen molar-refractivity contribution in [3.63, 3.8) is 0 Å². The monoisotopic (exact) mass is 468 g/mol. The van der Waals surface area contributed by atoms with Gasteiger partial charge in [0.1, 0.15) is 0 Å². The summed E-state index contributed by atoms with van der Waals surface area (Å²) in [6, 6.07) is 0. The van der Waals surface area contributed by atoms with Gasteiger partial charge < -0.3 is 10.2 Å². The average Bonchev–Trinajstić information content (AvgIpc) is 3.24. The van der Waals surface area contributed by atoms with Crippen molar-refractivity contribution in [1.29, 1.82) is 0 Å². The lowest BCUT2D eigenvalue weighted by Gasteiger charge is -2.35. The highest BCUT2D eigenvalue weighted by Gasteiger charge is 2.33. The highest BCUT2D eigenvalue weighted by atomic mass is 16.5. The van der Waals surface area contributed by atoms with Gasteiger partial charge in [-0.1, -0.05) is 72.4 Å². The maximum absolute atomic E-state index is 12.9.